The third-order valence-electron chi connectivity index (χ3n) is 2.58. The van der Waals surface area contributed by atoms with Crippen molar-refractivity contribution in [2.24, 2.45) is 0 Å². The van der Waals surface area contributed by atoms with E-state index in [1.54, 1.807) is 7.11 Å². The van der Waals surface area contributed by atoms with Gasteiger partial charge >= 0.3 is 5.97 Å². The van der Waals surface area contributed by atoms with Crippen LogP contribution in [0.5, 0.6) is 5.75 Å². The van der Waals surface area contributed by atoms with Crippen LogP contribution < -0.4 is 10.1 Å². The van der Waals surface area contributed by atoms with Gasteiger partial charge in [-0.15, -0.1) is 0 Å². The van der Waals surface area contributed by atoms with E-state index in [-0.39, 0.29) is 0 Å². The van der Waals surface area contributed by atoms with Crippen molar-refractivity contribution < 1.29 is 14.6 Å². The molecule has 0 amide bonds. The number of methoxy groups -OCH3 is 1. The van der Waals surface area contributed by atoms with Crippen LogP contribution in [-0.4, -0.2) is 24.7 Å². The average Bonchev–Trinajstić information content (AvgIpc) is 2.28. The highest BCUT2D eigenvalue weighted by atomic mass is 16.5. The zero-order valence-electron chi connectivity index (χ0n) is 8.99. The number of fused-ring (bicyclic) bond motifs is 1. The van der Waals surface area contributed by atoms with Crippen molar-refractivity contribution in [1.82, 2.24) is 5.32 Å². The number of hydrogen-bond acceptors (Lipinski definition) is 3. The number of nitrogens with one attached hydrogen (secondary N) is 1. The van der Waals surface area contributed by atoms with Crippen LogP contribution >= 0.6 is 0 Å². The van der Waals surface area contributed by atoms with Crippen LogP contribution in [-0.2, 0) is 11.2 Å². The molecule has 4 nitrogen and oxygen atoms in total. The first kappa shape index (κ1) is 10.5. The minimum Gasteiger partial charge on any atom is -0.497 e. The fraction of sp³-hybridized carbons (Fsp3) is 0.250. The minimum atomic E-state index is -0.939. The normalized spacial score (nSPS) is 16.4. The molecule has 0 fully saturated rings. The van der Waals surface area contributed by atoms with Crippen LogP contribution in [0.15, 0.2) is 24.3 Å². The first-order chi connectivity index (χ1) is 7.70. The monoisotopic (exact) mass is 219 g/mol. The highest BCUT2D eigenvalue weighted by Crippen LogP contribution is 2.25. The molecule has 1 aliphatic rings. The number of carboxylic acids is 1. The van der Waals surface area contributed by atoms with Gasteiger partial charge in [0.1, 0.15) is 5.75 Å². The molecule has 0 aliphatic carbocycles. The van der Waals surface area contributed by atoms with E-state index < -0.39 is 5.97 Å². The first-order valence-corrected chi connectivity index (χ1v) is 5.06. The summed E-state index contributed by atoms with van der Waals surface area (Å²) in [6.45, 7) is 0.749. The van der Waals surface area contributed by atoms with Gasteiger partial charge in [0.25, 0.3) is 0 Å². The Hall–Kier alpha value is -1.97. The maximum absolute atomic E-state index is 10.7. The first-order valence-electron chi connectivity index (χ1n) is 5.06. The van der Waals surface area contributed by atoms with E-state index in [0.717, 1.165) is 29.8 Å². The minimum absolute atomic E-state index is 0.663. The summed E-state index contributed by atoms with van der Waals surface area (Å²) in [4.78, 5) is 10.7. The van der Waals surface area contributed by atoms with Gasteiger partial charge in [0.15, 0.2) is 0 Å². The van der Waals surface area contributed by atoms with Crippen LogP contribution in [0.3, 0.4) is 0 Å². The molecule has 1 aromatic carbocycles. The molecule has 0 radical (unpaired) electrons. The van der Waals surface area contributed by atoms with Crippen LogP contribution in [0.4, 0.5) is 0 Å². The molecule has 16 heavy (non-hydrogen) atoms. The molecule has 2 rings (SSSR count). The van der Waals surface area contributed by atoms with E-state index in [0.29, 0.717) is 5.70 Å². The summed E-state index contributed by atoms with van der Waals surface area (Å²) in [7, 11) is 1.62. The number of aliphatic carboxylic acids is 1. The van der Waals surface area contributed by atoms with Gasteiger partial charge in [0.2, 0.25) is 0 Å². The molecular formula is C12H13NO3. The zero-order valence-corrected chi connectivity index (χ0v) is 8.99. The lowest BCUT2D eigenvalue weighted by molar-refractivity contribution is -0.131. The molecule has 0 saturated heterocycles. The molecule has 2 N–H and O–H groups in total. The Labute approximate surface area is 93.5 Å². The van der Waals surface area contributed by atoms with E-state index in [2.05, 4.69) is 5.32 Å². The standard InChI is InChI=1S/C12H13NO3/c1-16-9-2-3-10-8(6-9)4-5-13-11(10)7-12(14)15/h2-3,6-7,13H,4-5H2,1H3,(H,14,15). The lowest BCUT2D eigenvalue weighted by Crippen LogP contribution is -2.23. The molecular weight excluding hydrogens is 206 g/mol. The molecule has 0 atom stereocenters. The van der Waals surface area contributed by atoms with Crippen LogP contribution in [0.2, 0.25) is 0 Å². The van der Waals surface area contributed by atoms with E-state index in [1.807, 2.05) is 18.2 Å². The van der Waals surface area contributed by atoms with E-state index in [1.165, 1.54) is 6.08 Å². The number of rotatable bonds is 2. The number of carbonyl (C=O) groups is 1. The van der Waals surface area contributed by atoms with Crippen molar-refractivity contribution in [2.75, 3.05) is 13.7 Å². The van der Waals surface area contributed by atoms with Gasteiger partial charge in [-0.25, -0.2) is 4.79 Å². The Bertz CT molecular complexity index is 452. The van der Waals surface area contributed by atoms with Gasteiger partial charge in [-0.3, -0.25) is 0 Å². The van der Waals surface area contributed by atoms with Crippen molar-refractivity contribution in [2.45, 2.75) is 6.42 Å². The van der Waals surface area contributed by atoms with E-state index in [4.69, 9.17) is 9.84 Å². The summed E-state index contributed by atoms with van der Waals surface area (Å²) in [5.74, 6) is -0.138. The fourth-order valence-corrected chi connectivity index (χ4v) is 1.85. The van der Waals surface area contributed by atoms with Gasteiger partial charge in [-0.2, -0.15) is 0 Å². The topological polar surface area (TPSA) is 58.6 Å². The third-order valence-corrected chi connectivity index (χ3v) is 2.58. The number of carboxylic acid groups (broad SMARTS) is 1. The van der Waals surface area contributed by atoms with Gasteiger partial charge in [0, 0.05) is 23.9 Å². The van der Waals surface area contributed by atoms with Gasteiger partial charge < -0.3 is 15.2 Å². The quantitative estimate of drug-likeness (QED) is 0.735. The Kier molecular flexibility index (Phi) is 2.81. The smallest absolute Gasteiger partial charge is 0.330 e. The summed E-state index contributed by atoms with van der Waals surface area (Å²) in [6.07, 6.45) is 2.08. The third kappa shape index (κ3) is 2.00. The zero-order chi connectivity index (χ0) is 11.5. The predicted octanol–water partition coefficient (Wildman–Crippen LogP) is 1.27. The van der Waals surface area contributed by atoms with Crippen molar-refractivity contribution in [3.63, 3.8) is 0 Å². The molecule has 0 bridgehead atoms. The summed E-state index contributed by atoms with van der Waals surface area (Å²) >= 11 is 0. The highest BCUT2D eigenvalue weighted by molar-refractivity contribution is 5.90. The molecule has 84 valence electrons. The average molecular weight is 219 g/mol. The fourth-order valence-electron chi connectivity index (χ4n) is 1.85. The Morgan fingerprint density at radius 3 is 3.06 bits per heavy atom. The molecule has 0 saturated carbocycles. The summed E-state index contributed by atoms with van der Waals surface area (Å²) in [5, 5.41) is 11.8. The van der Waals surface area contributed by atoms with E-state index >= 15 is 0 Å². The molecule has 1 aliphatic heterocycles. The molecule has 1 heterocycles. The number of ether oxygens (including phenoxy) is 1. The second kappa shape index (κ2) is 4.26. The van der Waals surface area contributed by atoms with Crippen molar-refractivity contribution in [3.8, 4) is 5.75 Å². The van der Waals surface area contributed by atoms with Crippen molar-refractivity contribution in [1.29, 1.82) is 0 Å². The molecule has 1 aromatic rings. The molecule has 0 aromatic heterocycles. The lowest BCUT2D eigenvalue weighted by atomic mass is 9.97. The predicted molar refractivity (Wildman–Crippen MR) is 60.3 cm³/mol. The molecule has 0 unspecified atom stereocenters. The van der Waals surface area contributed by atoms with Gasteiger partial charge in [-0.05, 0) is 30.2 Å². The van der Waals surface area contributed by atoms with Crippen LogP contribution in [0, 0.1) is 0 Å². The largest absolute Gasteiger partial charge is 0.497 e. The van der Waals surface area contributed by atoms with E-state index in [9.17, 15) is 4.79 Å². The van der Waals surface area contributed by atoms with Crippen LogP contribution in [0.25, 0.3) is 5.70 Å². The van der Waals surface area contributed by atoms with Crippen molar-refractivity contribution in [3.05, 3.63) is 35.4 Å². The summed E-state index contributed by atoms with van der Waals surface area (Å²) in [5.41, 5.74) is 2.72. The maximum atomic E-state index is 10.7. The lowest BCUT2D eigenvalue weighted by Gasteiger charge is -2.21. The highest BCUT2D eigenvalue weighted by Gasteiger charge is 2.14. The number of benzene rings is 1. The SMILES string of the molecule is COc1ccc2c(c1)CCNC2=CC(=O)O. The Morgan fingerprint density at radius 1 is 1.56 bits per heavy atom. The van der Waals surface area contributed by atoms with Crippen molar-refractivity contribution >= 4 is 11.7 Å². The Balaban J connectivity index is 2.43. The molecule has 4 heteroatoms. The summed E-state index contributed by atoms with van der Waals surface area (Å²) in [6, 6.07) is 5.67. The van der Waals surface area contributed by atoms with Gasteiger partial charge in [0.05, 0.1) is 7.11 Å². The summed E-state index contributed by atoms with van der Waals surface area (Å²) < 4.78 is 5.14. The molecule has 0 spiro atoms. The number of hydrogen-bond donors (Lipinski definition) is 2. The second-order valence-corrected chi connectivity index (χ2v) is 3.60. The van der Waals surface area contributed by atoms with Gasteiger partial charge in [-0.1, -0.05) is 0 Å². The maximum Gasteiger partial charge on any atom is 0.330 e. The Morgan fingerprint density at radius 2 is 2.38 bits per heavy atom. The van der Waals surface area contributed by atoms with Crippen LogP contribution in [0.1, 0.15) is 11.1 Å². The second-order valence-electron chi connectivity index (χ2n) is 3.60.